The minimum Gasteiger partial charge on any atom is -0.462 e. The summed E-state index contributed by atoms with van der Waals surface area (Å²) < 4.78 is 10.3. The molecule has 2 heterocycles. The maximum Gasteiger partial charge on any atom is 0.340 e. The zero-order valence-corrected chi connectivity index (χ0v) is 14.5. The van der Waals surface area contributed by atoms with Crippen molar-refractivity contribution in [3.63, 3.8) is 0 Å². The van der Waals surface area contributed by atoms with E-state index in [1.165, 1.54) is 6.20 Å². The minimum atomic E-state index is -0.489. The van der Waals surface area contributed by atoms with Gasteiger partial charge in [-0.2, -0.15) is 0 Å². The lowest BCUT2D eigenvalue weighted by atomic mass is 10.1. The smallest absolute Gasteiger partial charge is 0.340 e. The molecule has 0 radical (unpaired) electrons. The monoisotopic (exact) mass is 356 g/mol. The van der Waals surface area contributed by atoms with Crippen molar-refractivity contribution >= 4 is 23.4 Å². The van der Waals surface area contributed by atoms with Crippen LogP contribution in [0.1, 0.15) is 27.8 Å². The molecule has 8 nitrogen and oxygen atoms in total. The Morgan fingerprint density at radius 2 is 1.96 bits per heavy atom. The Morgan fingerprint density at radius 1 is 1.19 bits per heavy atom. The molecule has 0 bridgehead atoms. The highest BCUT2D eigenvalue weighted by atomic mass is 16.5. The van der Waals surface area contributed by atoms with Crippen molar-refractivity contribution < 1.29 is 19.1 Å². The topological polar surface area (TPSA) is 93.6 Å². The number of anilines is 2. The van der Waals surface area contributed by atoms with E-state index in [4.69, 9.17) is 9.47 Å². The molecule has 26 heavy (non-hydrogen) atoms. The van der Waals surface area contributed by atoms with E-state index in [-0.39, 0.29) is 12.3 Å². The van der Waals surface area contributed by atoms with Crippen molar-refractivity contribution in [3.05, 3.63) is 47.9 Å². The number of esters is 1. The molecule has 8 heteroatoms. The van der Waals surface area contributed by atoms with Crippen LogP contribution in [0, 0.1) is 0 Å². The molecular formula is C18H20N4O4. The van der Waals surface area contributed by atoms with E-state index in [0.717, 1.165) is 13.1 Å². The van der Waals surface area contributed by atoms with Crippen LogP contribution in [0.2, 0.25) is 0 Å². The van der Waals surface area contributed by atoms with Crippen molar-refractivity contribution in [3.8, 4) is 0 Å². The van der Waals surface area contributed by atoms with Crippen LogP contribution < -0.4 is 10.2 Å². The van der Waals surface area contributed by atoms with E-state index < -0.39 is 11.9 Å². The average molecular weight is 356 g/mol. The number of amides is 1. The summed E-state index contributed by atoms with van der Waals surface area (Å²) in [5.74, 6) is -0.225. The first-order chi connectivity index (χ1) is 12.7. The molecule has 0 unspecified atom stereocenters. The lowest BCUT2D eigenvalue weighted by Gasteiger charge is -2.27. The van der Waals surface area contributed by atoms with E-state index >= 15 is 0 Å². The first-order valence-electron chi connectivity index (χ1n) is 8.41. The fourth-order valence-electron chi connectivity index (χ4n) is 2.56. The molecule has 1 aromatic carbocycles. The number of rotatable bonds is 5. The first-order valence-corrected chi connectivity index (χ1v) is 8.41. The van der Waals surface area contributed by atoms with Crippen molar-refractivity contribution in [2.45, 2.75) is 6.92 Å². The highest BCUT2D eigenvalue weighted by Crippen LogP contribution is 2.17. The average Bonchev–Trinajstić information content (AvgIpc) is 2.69. The van der Waals surface area contributed by atoms with Gasteiger partial charge >= 0.3 is 5.97 Å². The van der Waals surface area contributed by atoms with Gasteiger partial charge in [0.25, 0.3) is 5.91 Å². The minimum absolute atomic E-state index is 0.167. The standard InChI is InChI=1S/C18H20N4O4/c1-2-26-18(24)13-5-3-4-6-14(13)21-17(23)15-11-20-16(12-19-15)22-7-9-25-10-8-22/h3-6,11-12H,2,7-10H2,1H3,(H,21,23). The van der Waals surface area contributed by atoms with E-state index in [9.17, 15) is 9.59 Å². The molecule has 1 aliphatic rings. The fraction of sp³-hybridized carbons (Fsp3) is 0.333. The van der Waals surface area contributed by atoms with Gasteiger partial charge in [-0.05, 0) is 19.1 Å². The van der Waals surface area contributed by atoms with Crippen molar-refractivity contribution in [1.29, 1.82) is 0 Å². The second-order valence-corrected chi connectivity index (χ2v) is 5.58. The Balaban J connectivity index is 1.71. The van der Waals surface area contributed by atoms with Gasteiger partial charge in [0.05, 0.1) is 43.5 Å². The molecule has 2 aromatic rings. The largest absolute Gasteiger partial charge is 0.462 e. The summed E-state index contributed by atoms with van der Waals surface area (Å²) in [5, 5.41) is 2.69. The molecule has 1 aromatic heterocycles. The number of hydrogen-bond donors (Lipinski definition) is 1. The van der Waals surface area contributed by atoms with Crippen LogP contribution >= 0.6 is 0 Å². The SMILES string of the molecule is CCOC(=O)c1ccccc1NC(=O)c1cnc(N2CCOCC2)cn1. The summed E-state index contributed by atoms with van der Waals surface area (Å²) in [6.45, 7) is 4.77. The molecule has 1 amide bonds. The van der Waals surface area contributed by atoms with Crippen LogP contribution in [0.3, 0.4) is 0 Å². The van der Waals surface area contributed by atoms with E-state index in [0.29, 0.717) is 30.3 Å². The third-order valence-corrected chi connectivity index (χ3v) is 3.88. The van der Waals surface area contributed by atoms with Crippen LogP contribution in [-0.2, 0) is 9.47 Å². The molecule has 3 rings (SSSR count). The molecule has 1 aliphatic heterocycles. The predicted molar refractivity (Wildman–Crippen MR) is 95.4 cm³/mol. The molecule has 1 N–H and O–H groups in total. The highest BCUT2D eigenvalue weighted by Gasteiger charge is 2.17. The zero-order chi connectivity index (χ0) is 18.4. The van der Waals surface area contributed by atoms with Gasteiger partial charge < -0.3 is 19.7 Å². The van der Waals surface area contributed by atoms with Gasteiger partial charge in [-0.1, -0.05) is 12.1 Å². The Kier molecular flexibility index (Phi) is 5.75. The van der Waals surface area contributed by atoms with Gasteiger partial charge in [0.2, 0.25) is 0 Å². The summed E-state index contributed by atoms with van der Waals surface area (Å²) in [6, 6.07) is 6.67. The Labute approximate surface area is 151 Å². The quantitative estimate of drug-likeness (QED) is 0.816. The lowest BCUT2D eigenvalue weighted by molar-refractivity contribution is 0.0527. The maximum absolute atomic E-state index is 12.4. The maximum atomic E-state index is 12.4. The molecule has 0 spiro atoms. The van der Waals surface area contributed by atoms with Crippen LogP contribution in [-0.4, -0.2) is 54.8 Å². The van der Waals surface area contributed by atoms with Gasteiger partial charge in [0.15, 0.2) is 0 Å². The number of morpholine rings is 1. The summed E-state index contributed by atoms with van der Waals surface area (Å²) >= 11 is 0. The third-order valence-electron chi connectivity index (χ3n) is 3.88. The van der Waals surface area contributed by atoms with Crippen LogP contribution in [0.25, 0.3) is 0 Å². The number of hydrogen-bond acceptors (Lipinski definition) is 7. The van der Waals surface area contributed by atoms with Crippen LogP contribution in [0.5, 0.6) is 0 Å². The Morgan fingerprint density at radius 3 is 2.65 bits per heavy atom. The number of carbonyl (C=O) groups excluding carboxylic acids is 2. The fourth-order valence-corrected chi connectivity index (χ4v) is 2.56. The zero-order valence-electron chi connectivity index (χ0n) is 14.5. The normalized spacial score (nSPS) is 14.0. The molecule has 1 saturated heterocycles. The van der Waals surface area contributed by atoms with Crippen molar-refractivity contribution in [1.82, 2.24) is 9.97 Å². The summed E-state index contributed by atoms with van der Waals surface area (Å²) in [6.07, 6.45) is 2.99. The Bertz CT molecular complexity index is 773. The molecule has 0 saturated carbocycles. The van der Waals surface area contributed by atoms with Crippen molar-refractivity contribution in [2.24, 2.45) is 0 Å². The van der Waals surface area contributed by atoms with Crippen LogP contribution in [0.15, 0.2) is 36.7 Å². The van der Waals surface area contributed by atoms with E-state index in [1.807, 2.05) is 4.90 Å². The first kappa shape index (κ1) is 17.8. The van der Waals surface area contributed by atoms with Gasteiger partial charge in [-0.15, -0.1) is 0 Å². The summed E-state index contributed by atoms with van der Waals surface area (Å²) in [5.41, 5.74) is 0.830. The summed E-state index contributed by atoms with van der Waals surface area (Å²) in [7, 11) is 0. The number of carbonyl (C=O) groups is 2. The van der Waals surface area contributed by atoms with Gasteiger partial charge in [0.1, 0.15) is 11.5 Å². The second-order valence-electron chi connectivity index (χ2n) is 5.58. The number of nitrogens with zero attached hydrogens (tertiary/aromatic N) is 3. The number of para-hydroxylation sites is 1. The molecule has 136 valence electrons. The van der Waals surface area contributed by atoms with E-state index in [2.05, 4.69) is 15.3 Å². The number of benzene rings is 1. The summed E-state index contributed by atoms with van der Waals surface area (Å²) in [4.78, 5) is 35.0. The molecule has 0 aliphatic carbocycles. The van der Waals surface area contributed by atoms with Crippen molar-refractivity contribution in [2.75, 3.05) is 43.1 Å². The third kappa shape index (κ3) is 4.15. The Hall–Kier alpha value is -3.00. The number of nitrogens with one attached hydrogen (secondary N) is 1. The van der Waals surface area contributed by atoms with E-state index in [1.54, 1.807) is 37.4 Å². The second kappa shape index (κ2) is 8.39. The lowest BCUT2D eigenvalue weighted by Crippen LogP contribution is -2.36. The number of aromatic nitrogens is 2. The molecule has 1 fully saturated rings. The molecule has 0 atom stereocenters. The van der Waals surface area contributed by atoms with Gasteiger partial charge in [-0.3, -0.25) is 4.79 Å². The number of ether oxygens (including phenoxy) is 2. The van der Waals surface area contributed by atoms with Crippen LogP contribution in [0.4, 0.5) is 11.5 Å². The van der Waals surface area contributed by atoms with Gasteiger partial charge in [0, 0.05) is 13.1 Å². The highest BCUT2D eigenvalue weighted by molar-refractivity contribution is 6.06. The van der Waals surface area contributed by atoms with Gasteiger partial charge in [-0.25, -0.2) is 14.8 Å². The molecular weight excluding hydrogens is 336 g/mol. The predicted octanol–water partition coefficient (Wildman–Crippen LogP) is 1.74.